The van der Waals surface area contributed by atoms with Gasteiger partial charge in [-0.15, -0.1) is 0 Å². The molecule has 1 aromatic heterocycles. The monoisotopic (exact) mass is 151 g/mol. The zero-order valence-corrected chi connectivity index (χ0v) is 6.46. The number of carbonyl (C=O) groups is 1. The average molecular weight is 151 g/mol. The molecular weight excluding hydrogens is 142 g/mol. The summed E-state index contributed by atoms with van der Waals surface area (Å²) in [4.78, 5) is 14.3. The van der Waals surface area contributed by atoms with Crippen LogP contribution in [0.3, 0.4) is 0 Å². The Labute approximate surface area is 64.7 Å². The maximum absolute atomic E-state index is 10.4. The Hall–Kier alpha value is -1.38. The fourth-order valence-corrected chi connectivity index (χ4v) is 0.855. The van der Waals surface area contributed by atoms with E-state index < -0.39 is 0 Å². The first-order chi connectivity index (χ1) is 5.16. The van der Waals surface area contributed by atoms with Crippen molar-refractivity contribution in [3.05, 3.63) is 23.0 Å². The Morgan fingerprint density at radius 1 is 1.55 bits per heavy atom. The number of aldehydes is 1. The summed E-state index contributed by atoms with van der Waals surface area (Å²) in [5.74, 6) is -0.0139. The van der Waals surface area contributed by atoms with Crippen molar-refractivity contribution in [2.24, 2.45) is 0 Å². The summed E-state index contributed by atoms with van der Waals surface area (Å²) in [5.41, 5.74) is 1.51. The molecule has 1 N–H and O–H groups in total. The van der Waals surface area contributed by atoms with Crippen LogP contribution in [0.5, 0.6) is 5.75 Å². The van der Waals surface area contributed by atoms with Gasteiger partial charge in [0.25, 0.3) is 0 Å². The predicted molar refractivity (Wildman–Crippen MR) is 40.8 cm³/mol. The highest BCUT2D eigenvalue weighted by Crippen LogP contribution is 2.20. The predicted octanol–water partition coefficient (Wildman–Crippen LogP) is 1.22. The van der Waals surface area contributed by atoms with Gasteiger partial charge in [-0.2, -0.15) is 0 Å². The first kappa shape index (κ1) is 7.72. The standard InChI is InChI=1S/C8H9NO2/c1-5-3-9-6(2)8(11)7(5)4-10/h3-4,11H,1-2H3. The topological polar surface area (TPSA) is 50.2 Å². The van der Waals surface area contributed by atoms with Gasteiger partial charge in [0, 0.05) is 6.20 Å². The minimum absolute atomic E-state index is 0.0139. The van der Waals surface area contributed by atoms with Crippen LogP contribution in [0.1, 0.15) is 21.6 Å². The molecule has 3 heteroatoms. The molecule has 58 valence electrons. The largest absolute Gasteiger partial charge is 0.505 e. The lowest BCUT2D eigenvalue weighted by Gasteiger charge is -2.02. The van der Waals surface area contributed by atoms with E-state index in [1.54, 1.807) is 20.0 Å². The number of aryl methyl sites for hydroxylation is 2. The van der Waals surface area contributed by atoms with E-state index in [-0.39, 0.29) is 5.75 Å². The molecule has 0 atom stereocenters. The van der Waals surface area contributed by atoms with E-state index in [9.17, 15) is 9.90 Å². The van der Waals surface area contributed by atoms with Crippen LogP contribution in [-0.4, -0.2) is 16.4 Å². The Morgan fingerprint density at radius 2 is 2.18 bits per heavy atom. The van der Waals surface area contributed by atoms with E-state index in [2.05, 4.69) is 4.98 Å². The molecule has 1 rings (SSSR count). The third kappa shape index (κ3) is 1.22. The molecule has 0 aliphatic rings. The zero-order chi connectivity index (χ0) is 8.43. The Kier molecular flexibility index (Phi) is 1.89. The van der Waals surface area contributed by atoms with Gasteiger partial charge < -0.3 is 5.11 Å². The molecule has 3 nitrogen and oxygen atoms in total. The fourth-order valence-electron chi connectivity index (χ4n) is 0.855. The van der Waals surface area contributed by atoms with Gasteiger partial charge in [-0.05, 0) is 19.4 Å². The summed E-state index contributed by atoms with van der Waals surface area (Å²) in [7, 11) is 0. The second-order valence-electron chi connectivity index (χ2n) is 2.41. The fraction of sp³-hybridized carbons (Fsp3) is 0.250. The van der Waals surface area contributed by atoms with Crippen molar-refractivity contribution < 1.29 is 9.90 Å². The van der Waals surface area contributed by atoms with Gasteiger partial charge in [0.15, 0.2) is 6.29 Å². The highest BCUT2D eigenvalue weighted by atomic mass is 16.3. The van der Waals surface area contributed by atoms with Crippen molar-refractivity contribution in [1.29, 1.82) is 0 Å². The van der Waals surface area contributed by atoms with Gasteiger partial charge in [0.05, 0.1) is 11.3 Å². The Bertz CT molecular complexity index is 294. The summed E-state index contributed by atoms with van der Waals surface area (Å²) < 4.78 is 0. The molecule has 1 aromatic rings. The van der Waals surface area contributed by atoms with Crippen LogP contribution in [0.15, 0.2) is 6.20 Å². The number of rotatable bonds is 1. The third-order valence-corrected chi connectivity index (χ3v) is 1.59. The Balaban J connectivity index is 3.40. The van der Waals surface area contributed by atoms with Gasteiger partial charge in [-0.25, -0.2) is 0 Å². The number of pyridine rings is 1. The van der Waals surface area contributed by atoms with Crippen LogP contribution in [0.2, 0.25) is 0 Å². The van der Waals surface area contributed by atoms with Crippen LogP contribution in [0.4, 0.5) is 0 Å². The lowest BCUT2D eigenvalue weighted by molar-refractivity contribution is 0.112. The summed E-state index contributed by atoms with van der Waals surface area (Å²) in [6.07, 6.45) is 2.21. The van der Waals surface area contributed by atoms with Crippen molar-refractivity contribution in [2.75, 3.05) is 0 Å². The minimum Gasteiger partial charge on any atom is -0.505 e. The van der Waals surface area contributed by atoms with Crippen molar-refractivity contribution >= 4 is 6.29 Å². The smallest absolute Gasteiger partial charge is 0.154 e. The number of hydrogen-bond donors (Lipinski definition) is 1. The van der Waals surface area contributed by atoms with E-state index in [0.29, 0.717) is 23.1 Å². The summed E-state index contributed by atoms with van der Waals surface area (Å²) in [6.45, 7) is 3.39. The van der Waals surface area contributed by atoms with Crippen LogP contribution in [-0.2, 0) is 0 Å². The molecule has 0 aromatic carbocycles. The van der Waals surface area contributed by atoms with Gasteiger partial charge in [0.2, 0.25) is 0 Å². The molecule has 0 fully saturated rings. The maximum atomic E-state index is 10.4. The number of nitrogens with zero attached hydrogens (tertiary/aromatic N) is 1. The van der Waals surface area contributed by atoms with Crippen molar-refractivity contribution in [3.8, 4) is 5.75 Å². The number of hydrogen-bond acceptors (Lipinski definition) is 3. The molecule has 0 amide bonds. The molecule has 1 heterocycles. The normalized spacial score (nSPS) is 9.64. The molecule has 0 aliphatic carbocycles. The van der Waals surface area contributed by atoms with Gasteiger partial charge in [-0.1, -0.05) is 0 Å². The van der Waals surface area contributed by atoms with E-state index in [1.807, 2.05) is 0 Å². The van der Waals surface area contributed by atoms with Gasteiger partial charge >= 0.3 is 0 Å². The second kappa shape index (κ2) is 2.70. The van der Waals surface area contributed by atoms with Crippen LogP contribution < -0.4 is 0 Å². The second-order valence-corrected chi connectivity index (χ2v) is 2.41. The number of aromatic nitrogens is 1. The van der Waals surface area contributed by atoms with E-state index in [0.717, 1.165) is 0 Å². The quantitative estimate of drug-likeness (QED) is 0.614. The summed E-state index contributed by atoms with van der Waals surface area (Å²) in [6, 6.07) is 0. The molecule has 11 heavy (non-hydrogen) atoms. The highest BCUT2D eigenvalue weighted by molar-refractivity contribution is 5.81. The molecule has 0 saturated heterocycles. The molecule has 0 unspecified atom stereocenters. The molecule has 0 bridgehead atoms. The first-order valence-electron chi connectivity index (χ1n) is 3.27. The van der Waals surface area contributed by atoms with Gasteiger partial charge in [0.1, 0.15) is 5.75 Å². The number of carbonyl (C=O) groups excluding carboxylic acids is 1. The third-order valence-electron chi connectivity index (χ3n) is 1.59. The summed E-state index contributed by atoms with van der Waals surface area (Å²) >= 11 is 0. The van der Waals surface area contributed by atoms with Crippen molar-refractivity contribution in [3.63, 3.8) is 0 Å². The molecule has 0 saturated carbocycles. The molecule has 0 spiro atoms. The van der Waals surface area contributed by atoms with Crippen LogP contribution in [0.25, 0.3) is 0 Å². The van der Waals surface area contributed by atoms with Crippen molar-refractivity contribution in [2.45, 2.75) is 13.8 Å². The Morgan fingerprint density at radius 3 is 2.64 bits per heavy atom. The van der Waals surface area contributed by atoms with Gasteiger partial charge in [-0.3, -0.25) is 9.78 Å². The SMILES string of the molecule is Cc1cnc(C)c(O)c1C=O. The average Bonchev–Trinajstić information content (AvgIpc) is 1.99. The summed E-state index contributed by atoms with van der Waals surface area (Å²) in [5, 5.41) is 9.28. The first-order valence-corrected chi connectivity index (χ1v) is 3.27. The molecule has 0 aliphatic heterocycles. The number of aromatic hydroxyl groups is 1. The lowest BCUT2D eigenvalue weighted by Crippen LogP contribution is -1.92. The van der Waals surface area contributed by atoms with Crippen LogP contribution >= 0.6 is 0 Å². The van der Waals surface area contributed by atoms with E-state index >= 15 is 0 Å². The molecule has 0 radical (unpaired) electrons. The highest BCUT2D eigenvalue weighted by Gasteiger charge is 2.06. The van der Waals surface area contributed by atoms with E-state index in [1.165, 1.54) is 0 Å². The van der Waals surface area contributed by atoms with Crippen molar-refractivity contribution in [1.82, 2.24) is 4.98 Å². The minimum atomic E-state index is -0.0139. The molecular formula is C8H9NO2. The zero-order valence-electron chi connectivity index (χ0n) is 6.46. The van der Waals surface area contributed by atoms with E-state index in [4.69, 9.17) is 0 Å². The van der Waals surface area contributed by atoms with Crippen LogP contribution in [0, 0.1) is 13.8 Å². The lowest BCUT2D eigenvalue weighted by atomic mass is 10.1. The maximum Gasteiger partial charge on any atom is 0.154 e.